The third-order valence-electron chi connectivity index (χ3n) is 0.752. The Morgan fingerprint density at radius 3 is 2.50 bits per heavy atom. The van der Waals surface area contributed by atoms with Crippen LogP contribution in [0, 0.1) is 0 Å². The molecule has 0 atom stereocenters. The van der Waals surface area contributed by atoms with Gasteiger partial charge in [-0.3, -0.25) is 9.35 Å². The standard InChI is InChI=1S/C4H8O6S2/c5-4(6)2-1-3-11-10-12(7,8)9/h1-3H2,(H,5,6)(H,7,8,9). The number of hydrogen-bond acceptors (Lipinski definition) is 5. The lowest BCUT2D eigenvalue weighted by Crippen LogP contribution is -1.99. The molecule has 0 saturated carbocycles. The highest BCUT2D eigenvalue weighted by Gasteiger charge is 2.04. The van der Waals surface area contributed by atoms with Gasteiger partial charge in [0.2, 0.25) is 0 Å². The zero-order valence-corrected chi connectivity index (χ0v) is 7.60. The third-order valence-corrected chi connectivity index (χ3v) is 2.28. The van der Waals surface area contributed by atoms with Gasteiger partial charge >= 0.3 is 16.4 Å². The molecule has 0 saturated heterocycles. The monoisotopic (exact) mass is 216 g/mol. The summed E-state index contributed by atoms with van der Waals surface area (Å²) in [4.78, 5) is 9.94. The molecule has 0 spiro atoms. The predicted molar refractivity (Wildman–Crippen MR) is 42.0 cm³/mol. The van der Waals surface area contributed by atoms with Gasteiger partial charge in [-0.15, -0.1) is 0 Å². The maximum Gasteiger partial charge on any atom is 0.408 e. The van der Waals surface area contributed by atoms with Gasteiger partial charge in [0.05, 0.1) is 0 Å². The summed E-state index contributed by atoms with van der Waals surface area (Å²) in [6.07, 6.45) is 0.233. The van der Waals surface area contributed by atoms with Gasteiger partial charge in [0.1, 0.15) is 0 Å². The molecule has 72 valence electrons. The zero-order valence-electron chi connectivity index (χ0n) is 5.97. The molecule has 6 nitrogen and oxygen atoms in total. The first-order chi connectivity index (χ1) is 5.42. The van der Waals surface area contributed by atoms with Gasteiger partial charge in [-0.2, -0.15) is 12.0 Å². The SMILES string of the molecule is O=C(O)CCCSOS(=O)(=O)O. The summed E-state index contributed by atoms with van der Waals surface area (Å²) in [6, 6.07) is 0. The highest BCUT2D eigenvalue weighted by atomic mass is 32.3. The molecule has 0 aromatic carbocycles. The molecule has 0 aliphatic heterocycles. The Kier molecular flexibility index (Phi) is 5.22. The van der Waals surface area contributed by atoms with Crippen LogP contribution >= 0.6 is 12.0 Å². The number of hydrogen-bond donors (Lipinski definition) is 2. The lowest BCUT2D eigenvalue weighted by Gasteiger charge is -1.96. The number of rotatable bonds is 6. The Bertz CT molecular complexity index is 232. The molecule has 0 aliphatic carbocycles. The fourth-order valence-corrected chi connectivity index (χ4v) is 1.40. The van der Waals surface area contributed by atoms with Crippen LogP contribution < -0.4 is 0 Å². The summed E-state index contributed by atoms with van der Waals surface area (Å²) < 4.78 is 31.8. The van der Waals surface area contributed by atoms with Crippen molar-refractivity contribution in [1.29, 1.82) is 0 Å². The molecule has 8 heteroatoms. The molecule has 0 unspecified atom stereocenters. The molecule has 0 heterocycles. The van der Waals surface area contributed by atoms with Crippen LogP contribution in [0.15, 0.2) is 0 Å². The second kappa shape index (κ2) is 5.36. The van der Waals surface area contributed by atoms with E-state index in [2.05, 4.69) is 3.63 Å². The lowest BCUT2D eigenvalue weighted by molar-refractivity contribution is -0.137. The fourth-order valence-electron chi connectivity index (χ4n) is 0.377. The smallest absolute Gasteiger partial charge is 0.408 e. The lowest BCUT2D eigenvalue weighted by atomic mass is 10.3. The predicted octanol–water partition coefficient (Wildman–Crippen LogP) is 0.319. The van der Waals surface area contributed by atoms with E-state index in [4.69, 9.17) is 9.66 Å². The van der Waals surface area contributed by atoms with Crippen molar-refractivity contribution < 1.29 is 26.5 Å². The van der Waals surface area contributed by atoms with E-state index in [0.717, 1.165) is 0 Å². The van der Waals surface area contributed by atoms with Crippen LogP contribution in [0.25, 0.3) is 0 Å². The molecule has 0 radical (unpaired) electrons. The summed E-state index contributed by atoms with van der Waals surface area (Å²) in [5.74, 6) is -0.756. The number of aliphatic carboxylic acids is 1. The second-order valence-electron chi connectivity index (χ2n) is 1.82. The second-order valence-corrected chi connectivity index (χ2v) is 3.86. The summed E-state index contributed by atoms with van der Waals surface area (Å²) in [5, 5.41) is 8.15. The number of carbonyl (C=O) groups is 1. The fraction of sp³-hybridized carbons (Fsp3) is 0.750. The molecule has 0 rings (SSSR count). The van der Waals surface area contributed by atoms with Crippen LogP contribution in [0.2, 0.25) is 0 Å². The van der Waals surface area contributed by atoms with Gasteiger partial charge < -0.3 is 5.11 Å². The molecule has 12 heavy (non-hydrogen) atoms. The van der Waals surface area contributed by atoms with Crippen molar-refractivity contribution in [1.82, 2.24) is 0 Å². The van der Waals surface area contributed by atoms with Gasteiger partial charge in [0, 0.05) is 24.2 Å². The minimum atomic E-state index is -4.41. The van der Waals surface area contributed by atoms with Crippen molar-refractivity contribution in [2.45, 2.75) is 12.8 Å². The van der Waals surface area contributed by atoms with Crippen molar-refractivity contribution in [2.75, 3.05) is 5.75 Å². The Morgan fingerprint density at radius 2 is 2.08 bits per heavy atom. The molecule has 0 aliphatic rings. The van der Waals surface area contributed by atoms with Gasteiger partial charge in [0.15, 0.2) is 0 Å². The number of carboxylic acid groups (broad SMARTS) is 1. The maximum absolute atomic E-state index is 9.94. The zero-order chi connectivity index (χ0) is 9.61. The first-order valence-electron chi connectivity index (χ1n) is 2.92. The number of carboxylic acids is 1. The summed E-state index contributed by atoms with van der Waals surface area (Å²) >= 11 is 0.501. The molecule has 0 fully saturated rings. The maximum atomic E-state index is 9.94. The van der Waals surface area contributed by atoms with Crippen molar-refractivity contribution in [2.24, 2.45) is 0 Å². The molecular formula is C4H8O6S2. The molecule has 2 N–H and O–H groups in total. The van der Waals surface area contributed by atoms with Gasteiger partial charge in [-0.05, 0) is 6.42 Å². The minimum absolute atomic E-state index is 0.0537. The van der Waals surface area contributed by atoms with Gasteiger partial charge in [-0.1, -0.05) is 0 Å². The van der Waals surface area contributed by atoms with Crippen LogP contribution in [0.1, 0.15) is 12.8 Å². The van der Waals surface area contributed by atoms with Crippen molar-refractivity contribution in [3.8, 4) is 0 Å². The summed E-state index contributed by atoms with van der Waals surface area (Å²) in [6.45, 7) is 0. The van der Waals surface area contributed by atoms with Crippen molar-refractivity contribution in [3.63, 3.8) is 0 Å². The van der Waals surface area contributed by atoms with Crippen LogP contribution in [0.4, 0.5) is 0 Å². The van der Waals surface area contributed by atoms with E-state index < -0.39 is 16.4 Å². The summed E-state index contributed by atoms with van der Waals surface area (Å²) in [5.41, 5.74) is 0. The molecule has 0 amide bonds. The topological polar surface area (TPSA) is 101 Å². The van der Waals surface area contributed by atoms with Crippen LogP contribution in [-0.4, -0.2) is 29.8 Å². The Labute approximate surface area is 74.1 Å². The van der Waals surface area contributed by atoms with E-state index >= 15 is 0 Å². The normalized spacial score (nSPS) is 11.4. The Morgan fingerprint density at radius 1 is 1.50 bits per heavy atom. The van der Waals surface area contributed by atoms with E-state index in [1.807, 2.05) is 0 Å². The first-order valence-corrected chi connectivity index (χ1v) is 5.20. The average Bonchev–Trinajstić information content (AvgIpc) is 1.83. The van der Waals surface area contributed by atoms with E-state index in [1.54, 1.807) is 0 Å². The molecule has 0 bridgehead atoms. The minimum Gasteiger partial charge on any atom is -0.481 e. The molecule has 0 aromatic rings. The van der Waals surface area contributed by atoms with Crippen LogP contribution in [-0.2, 0) is 18.8 Å². The van der Waals surface area contributed by atoms with E-state index in [0.29, 0.717) is 12.0 Å². The van der Waals surface area contributed by atoms with Gasteiger partial charge in [0.25, 0.3) is 0 Å². The highest BCUT2D eigenvalue weighted by Crippen LogP contribution is 2.09. The quantitative estimate of drug-likeness (QED) is 0.374. The van der Waals surface area contributed by atoms with Crippen molar-refractivity contribution >= 4 is 28.4 Å². The van der Waals surface area contributed by atoms with E-state index in [9.17, 15) is 13.2 Å². The van der Waals surface area contributed by atoms with Crippen LogP contribution in [0.5, 0.6) is 0 Å². The van der Waals surface area contributed by atoms with E-state index in [1.165, 1.54) is 0 Å². The first kappa shape index (κ1) is 11.7. The van der Waals surface area contributed by atoms with Crippen molar-refractivity contribution in [3.05, 3.63) is 0 Å². The van der Waals surface area contributed by atoms with Crippen LogP contribution in [0.3, 0.4) is 0 Å². The third kappa shape index (κ3) is 9.69. The summed E-state index contributed by atoms with van der Waals surface area (Å²) in [7, 11) is -4.41. The molecule has 0 aromatic heterocycles. The largest absolute Gasteiger partial charge is 0.481 e. The van der Waals surface area contributed by atoms with Gasteiger partial charge in [-0.25, -0.2) is 0 Å². The molecular weight excluding hydrogens is 208 g/mol. The average molecular weight is 216 g/mol. The Balaban J connectivity index is 3.29. The Hall–Kier alpha value is -0.310. The highest BCUT2D eigenvalue weighted by molar-refractivity contribution is 8.02. The van der Waals surface area contributed by atoms with E-state index in [-0.39, 0.29) is 18.6 Å².